The highest BCUT2D eigenvalue weighted by molar-refractivity contribution is 5.89. The Morgan fingerprint density at radius 1 is 1.30 bits per heavy atom. The summed E-state index contributed by atoms with van der Waals surface area (Å²) in [7, 11) is 0. The predicted octanol–water partition coefficient (Wildman–Crippen LogP) is 2.23. The van der Waals surface area contributed by atoms with Crippen molar-refractivity contribution in [1.82, 2.24) is 5.32 Å². The number of rotatable bonds is 7. The second-order valence-corrected chi connectivity index (χ2v) is 5.47. The Hall–Kier alpha value is -1.84. The van der Waals surface area contributed by atoms with Crippen molar-refractivity contribution >= 4 is 11.9 Å². The first kappa shape index (κ1) is 14.6. The zero-order valence-electron chi connectivity index (χ0n) is 11.7. The summed E-state index contributed by atoms with van der Waals surface area (Å²) < 4.78 is 0. The first-order valence-electron chi connectivity index (χ1n) is 7.19. The first-order valence-corrected chi connectivity index (χ1v) is 7.19. The number of carbonyl (C=O) groups excluding carboxylic acids is 1. The van der Waals surface area contributed by atoms with Crippen LogP contribution in [0.2, 0.25) is 0 Å². The van der Waals surface area contributed by atoms with E-state index in [9.17, 15) is 9.59 Å². The van der Waals surface area contributed by atoms with Crippen molar-refractivity contribution in [3.8, 4) is 0 Å². The number of carbonyl (C=O) groups is 2. The van der Waals surface area contributed by atoms with E-state index in [1.54, 1.807) is 0 Å². The lowest BCUT2D eigenvalue weighted by Gasteiger charge is -2.18. The van der Waals surface area contributed by atoms with Crippen LogP contribution in [0.5, 0.6) is 0 Å². The molecule has 0 aromatic heterocycles. The molecule has 2 N–H and O–H groups in total. The molecule has 3 atom stereocenters. The molecular weight excluding hydrogens is 254 g/mol. The average molecular weight is 275 g/mol. The van der Waals surface area contributed by atoms with Gasteiger partial charge in [-0.3, -0.25) is 9.59 Å². The predicted molar refractivity (Wildman–Crippen MR) is 76.2 cm³/mol. The number of nitrogens with one attached hydrogen (secondary N) is 1. The van der Waals surface area contributed by atoms with E-state index in [2.05, 4.69) is 12.2 Å². The van der Waals surface area contributed by atoms with E-state index in [-0.39, 0.29) is 17.9 Å². The van der Waals surface area contributed by atoms with Crippen molar-refractivity contribution in [1.29, 1.82) is 0 Å². The van der Waals surface area contributed by atoms with Gasteiger partial charge in [0.05, 0.1) is 11.8 Å². The molecular formula is C16H21NO3. The first-order chi connectivity index (χ1) is 9.61. The average Bonchev–Trinajstić information content (AvgIpc) is 3.20. The van der Waals surface area contributed by atoms with Gasteiger partial charge in [0.15, 0.2) is 0 Å². The Morgan fingerprint density at radius 2 is 2.00 bits per heavy atom. The summed E-state index contributed by atoms with van der Waals surface area (Å²) in [4.78, 5) is 22.8. The molecule has 4 heteroatoms. The van der Waals surface area contributed by atoms with Crippen LogP contribution in [0, 0.1) is 11.8 Å². The number of hydrogen-bond acceptors (Lipinski definition) is 2. The van der Waals surface area contributed by atoms with Gasteiger partial charge < -0.3 is 10.4 Å². The van der Waals surface area contributed by atoms with E-state index in [1.165, 1.54) is 5.56 Å². The lowest BCUT2D eigenvalue weighted by Crippen LogP contribution is -2.38. The quantitative estimate of drug-likeness (QED) is 0.802. The SMILES string of the molecule is CCCC(Cc1ccccc1)NC(=O)C1CC1C(=O)O. The number of aliphatic carboxylic acids is 1. The van der Waals surface area contributed by atoms with Gasteiger partial charge in [0.2, 0.25) is 5.91 Å². The molecule has 108 valence electrons. The maximum atomic E-state index is 12.0. The van der Waals surface area contributed by atoms with E-state index in [0.717, 1.165) is 19.3 Å². The zero-order valence-corrected chi connectivity index (χ0v) is 11.7. The number of carboxylic acids is 1. The van der Waals surface area contributed by atoms with E-state index >= 15 is 0 Å². The van der Waals surface area contributed by atoms with Gasteiger partial charge in [-0.1, -0.05) is 43.7 Å². The van der Waals surface area contributed by atoms with Crippen LogP contribution in [0.3, 0.4) is 0 Å². The van der Waals surface area contributed by atoms with Gasteiger partial charge in [0.25, 0.3) is 0 Å². The van der Waals surface area contributed by atoms with Crippen molar-refractivity contribution in [2.75, 3.05) is 0 Å². The molecule has 1 aliphatic rings. The van der Waals surface area contributed by atoms with Gasteiger partial charge in [-0.15, -0.1) is 0 Å². The molecule has 0 aliphatic heterocycles. The highest BCUT2D eigenvalue weighted by atomic mass is 16.4. The molecule has 1 saturated carbocycles. The van der Waals surface area contributed by atoms with E-state index in [1.807, 2.05) is 30.3 Å². The molecule has 1 aromatic carbocycles. The lowest BCUT2D eigenvalue weighted by molar-refractivity contribution is -0.140. The fourth-order valence-electron chi connectivity index (χ4n) is 2.54. The van der Waals surface area contributed by atoms with Crippen LogP contribution >= 0.6 is 0 Å². The molecule has 2 rings (SSSR count). The van der Waals surface area contributed by atoms with Crippen molar-refractivity contribution in [2.45, 2.75) is 38.6 Å². The van der Waals surface area contributed by atoms with E-state index in [0.29, 0.717) is 6.42 Å². The maximum Gasteiger partial charge on any atom is 0.307 e. The second-order valence-electron chi connectivity index (χ2n) is 5.47. The normalized spacial score (nSPS) is 22.1. The highest BCUT2D eigenvalue weighted by Gasteiger charge is 2.48. The molecule has 1 aromatic rings. The summed E-state index contributed by atoms with van der Waals surface area (Å²) in [6.07, 6.45) is 3.17. The van der Waals surface area contributed by atoms with Crippen molar-refractivity contribution in [2.24, 2.45) is 11.8 Å². The van der Waals surface area contributed by atoms with Crippen molar-refractivity contribution in [3.05, 3.63) is 35.9 Å². The summed E-state index contributed by atoms with van der Waals surface area (Å²) in [6, 6.07) is 10.1. The largest absolute Gasteiger partial charge is 0.481 e. The second kappa shape index (κ2) is 6.55. The molecule has 1 amide bonds. The Bertz CT molecular complexity index is 472. The van der Waals surface area contributed by atoms with E-state index < -0.39 is 11.9 Å². The molecule has 20 heavy (non-hydrogen) atoms. The minimum atomic E-state index is -0.861. The number of benzene rings is 1. The third-order valence-corrected chi connectivity index (χ3v) is 3.75. The molecule has 0 radical (unpaired) electrons. The molecule has 0 spiro atoms. The van der Waals surface area contributed by atoms with Crippen LogP contribution in [-0.2, 0) is 16.0 Å². The summed E-state index contributed by atoms with van der Waals surface area (Å²) in [5, 5.41) is 11.9. The third kappa shape index (κ3) is 3.83. The van der Waals surface area contributed by atoms with Crippen LogP contribution in [0.25, 0.3) is 0 Å². The molecule has 0 bridgehead atoms. The number of carboxylic acid groups (broad SMARTS) is 1. The fourth-order valence-corrected chi connectivity index (χ4v) is 2.54. The minimum absolute atomic E-state index is 0.0879. The number of amides is 1. The van der Waals surface area contributed by atoms with Gasteiger partial charge in [-0.25, -0.2) is 0 Å². The van der Waals surface area contributed by atoms with E-state index in [4.69, 9.17) is 5.11 Å². The van der Waals surface area contributed by atoms with Crippen LogP contribution in [0.1, 0.15) is 31.7 Å². The third-order valence-electron chi connectivity index (χ3n) is 3.75. The standard InChI is InChI=1S/C16H21NO3/c1-2-6-12(9-11-7-4-3-5-8-11)17-15(18)13-10-14(13)16(19)20/h3-5,7-8,12-14H,2,6,9-10H2,1H3,(H,17,18)(H,19,20). The van der Waals surface area contributed by atoms with Crippen LogP contribution in [0.4, 0.5) is 0 Å². The minimum Gasteiger partial charge on any atom is -0.481 e. The maximum absolute atomic E-state index is 12.0. The Kier molecular flexibility index (Phi) is 4.77. The molecule has 1 fully saturated rings. The van der Waals surface area contributed by atoms with Gasteiger partial charge in [0.1, 0.15) is 0 Å². The van der Waals surface area contributed by atoms with Gasteiger partial charge in [0, 0.05) is 6.04 Å². The Balaban J connectivity index is 1.89. The number of hydrogen-bond donors (Lipinski definition) is 2. The van der Waals surface area contributed by atoms with Gasteiger partial charge >= 0.3 is 5.97 Å². The highest BCUT2D eigenvalue weighted by Crippen LogP contribution is 2.38. The zero-order chi connectivity index (χ0) is 14.5. The van der Waals surface area contributed by atoms with Gasteiger partial charge in [-0.2, -0.15) is 0 Å². The Labute approximate surface area is 119 Å². The van der Waals surface area contributed by atoms with Crippen LogP contribution in [-0.4, -0.2) is 23.0 Å². The van der Waals surface area contributed by atoms with Crippen LogP contribution in [0.15, 0.2) is 30.3 Å². The molecule has 3 unspecified atom stereocenters. The molecule has 0 heterocycles. The van der Waals surface area contributed by atoms with Crippen LogP contribution < -0.4 is 5.32 Å². The van der Waals surface area contributed by atoms with Gasteiger partial charge in [-0.05, 0) is 24.8 Å². The van der Waals surface area contributed by atoms with Crippen molar-refractivity contribution in [3.63, 3.8) is 0 Å². The monoisotopic (exact) mass is 275 g/mol. The molecule has 1 aliphatic carbocycles. The summed E-state index contributed by atoms with van der Waals surface area (Å²) in [5.74, 6) is -1.77. The Morgan fingerprint density at radius 3 is 2.55 bits per heavy atom. The van der Waals surface area contributed by atoms with Crippen molar-refractivity contribution < 1.29 is 14.7 Å². The summed E-state index contributed by atoms with van der Waals surface area (Å²) in [5.41, 5.74) is 1.19. The lowest BCUT2D eigenvalue weighted by atomic mass is 10.0. The molecule has 4 nitrogen and oxygen atoms in total. The summed E-state index contributed by atoms with van der Waals surface area (Å²) in [6.45, 7) is 2.08. The smallest absolute Gasteiger partial charge is 0.307 e. The molecule has 0 saturated heterocycles. The summed E-state index contributed by atoms with van der Waals surface area (Å²) >= 11 is 0. The fraction of sp³-hybridized carbons (Fsp3) is 0.500. The topological polar surface area (TPSA) is 66.4 Å².